The zero-order chi connectivity index (χ0) is 14.5. The zero-order valence-electron chi connectivity index (χ0n) is 11.2. The molecule has 1 heterocycles. The molecule has 0 aliphatic carbocycles. The number of aliphatic carboxylic acids is 1. The lowest BCUT2D eigenvalue weighted by Gasteiger charge is -2.13. The van der Waals surface area contributed by atoms with Gasteiger partial charge in [-0.3, -0.25) is 9.48 Å². The van der Waals surface area contributed by atoms with Crippen molar-refractivity contribution in [1.82, 2.24) is 15.1 Å². The lowest BCUT2D eigenvalue weighted by molar-refractivity contribution is -0.142. The average molecular weight is 275 g/mol. The molecule has 1 aromatic carbocycles. The van der Waals surface area contributed by atoms with Crippen molar-refractivity contribution < 1.29 is 14.7 Å². The van der Waals surface area contributed by atoms with Crippen molar-refractivity contribution >= 4 is 22.8 Å². The highest BCUT2D eigenvalue weighted by Gasteiger charge is 2.19. The molecule has 1 amide bonds. The Kier molecular flexibility index (Phi) is 4.34. The van der Waals surface area contributed by atoms with Gasteiger partial charge in [-0.2, -0.15) is 5.10 Å². The summed E-state index contributed by atoms with van der Waals surface area (Å²) in [7, 11) is 0. The van der Waals surface area contributed by atoms with Gasteiger partial charge in [-0.25, -0.2) is 4.79 Å². The summed E-state index contributed by atoms with van der Waals surface area (Å²) in [5.41, 5.74) is 0.852. The largest absolute Gasteiger partial charge is 0.480 e. The highest BCUT2D eigenvalue weighted by atomic mass is 16.4. The van der Waals surface area contributed by atoms with Crippen LogP contribution in [0.1, 0.15) is 19.8 Å². The lowest BCUT2D eigenvalue weighted by atomic mass is 10.1. The number of hydrogen-bond acceptors (Lipinski definition) is 3. The Hall–Kier alpha value is -2.37. The van der Waals surface area contributed by atoms with Crippen molar-refractivity contribution in [2.24, 2.45) is 0 Å². The fraction of sp³-hybridized carbons (Fsp3) is 0.357. The maximum Gasteiger partial charge on any atom is 0.326 e. The zero-order valence-corrected chi connectivity index (χ0v) is 11.2. The minimum absolute atomic E-state index is 0.0149. The molecule has 6 nitrogen and oxygen atoms in total. The summed E-state index contributed by atoms with van der Waals surface area (Å²) in [6, 6.07) is 6.71. The second kappa shape index (κ2) is 6.18. The van der Waals surface area contributed by atoms with Crippen LogP contribution in [-0.4, -0.2) is 32.8 Å². The number of hydrogen-bond donors (Lipinski definition) is 2. The summed E-state index contributed by atoms with van der Waals surface area (Å²) >= 11 is 0. The van der Waals surface area contributed by atoms with Gasteiger partial charge in [-0.15, -0.1) is 0 Å². The van der Waals surface area contributed by atoms with Crippen molar-refractivity contribution in [2.75, 3.05) is 0 Å². The third-order valence-corrected chi connectivity index (χ3v) is 3.06. The standard InChI is InChI=1S/C14H17N3O3/c1-2-5-11(14(19)20)16-13(18)9-17-12-7-4-3-6-10(12)8-15-17/h3-4,6-8,11H,2,5,9H2,1H3,(H,16,18)(H,19,20). The van der Waals surface area contributed by atoms with Crippen LogP contribution in [-0.2, 0) is 16.1 Å². The molecule has 0 saturated carbocycles. The van der Waals surface area contributed by atoms with E-state index in [9.17, 15) is 9.59 Å². The monoisotopic (exact) mass is 275 g/mol. The first-order valence-corrected chi connectivity index (χ1v) is 6.54. The van der Waals surface area contributed by atoms with Crippen LogP contribution in [0.25, 0.3) is 10.9 Å². The van der Waals surface area contributed by atoms with Crippen LogP contribution in [0.15, 0.2) is 30.5 Å². The fourth-order valence-electron chi connectivity index (χ4n) is 2.07. The van der Waals surface area contributed by atoms with E-state index < -0.39 is 12.0 Å². The molecule has 20 heavy (non-hydrogen) atoms. The third kappa shape index (κ3) is 3.14. The van der Waals surface area contributed by atoms with Gasteiger partial charge in [0.1, 0.15) is 12.6 Å². The Morgan fingerprint density at radius 1 is 1.40 bits per heavy atom. The van der Waals surface area contributed by atoms with Gasteiger partial charge < -0.3 is 10.4 Å². The van der Waals surface area contributed by atoms with Gasteiger partial charge in [-0.05, 0) is 12.5 Å². The first kappa shape index (κ1) is 14.0. The van der Waals surface area contributed by atoms with Gasteiger partial charge in [-0.1, -0.05) is 31.5 Å². The van der Waals surface area contributed by atoms with Crippen LogP contribution in [0.2, 0.25) is 0 Å². The number of carboxylic acids is 1. The summed E-state index contributed by atoms with van der Waals surface area (Å²) in [4.78, 5) is 22.9. The molecule has 106 valence electrons. The van der Waals surface area contributed by atoms with Crippen LogP contribution in [0, 0.1) is 0 Å². The number of amides is 1. The average Bonchev–Trinajstić information content (AvgIpc) is 2.81. The van der Waals surface area contributed by atoms with E-state index >= 15 is 0 Å². The minimum atomic E-state index is -1.01. The summed E-state index contributed by atoms with van der Waals surface area (Å²) in [5, 5.41) is 16.6. The second-order valence-electron chi connectivity index (χ2n) is 4.61. The number of benzene rings is 1. The summed E-state index contributed by atoms with van der Waals surface area (Å²) in [6.07, 6.45) is 2.80. The van der Waals surface area contributed by atoms with Crippen LogP contribution >= 0.6 is 0 Å². The van der Waals surface area contributed by atoms with Crippen LogP contribution in [0.4, 0.5) is 0 Å². The Morgan fingerprint density at radius 3 is 2.85 bits per heavy atom. The highest BCUT2D eigenvalue weighted by molar-refractivity contribution is 5.85. The first-order valence-electron chi connectivity index (χ1n) is 6.54. The highest BCUT2D eigenvalue weighted by Crippen LogP contribution is 2.12. The SMILES string of the molecule is CCCC(NC(=O)Cn1ncc2ccccc21)C(=O)O. The molecule has 6 heteroatoms. The van der Waals surface area contributed by atoms with E-state index in [0.717, 1.165) is 10.9 Å². The van der Waals surface area contributed by atoms with Crippen LogP contribution < -0.4 is 5.32 Å². The molecular weight excluding hydrogens is 258 g/mol. The molecule has 1 aromatic heterocycles. The van der Waals surface area contributed by atoms with Crippen molar-refractivity contribution in [3.63, 3.8) is 0 Å². The number of carboxylic acid groups (broad SMARTS) is 1. The topological polar surface area (TPSA) is 84.2 Å². The van der Waals surface area contributed by atoms with Gasteiger partial charge in [0.05, 0.1) is 11.7 Å². The van der Waals surface area contributed by atoms with E-state index in [1.54, 1.807) is 10.9 Å². The predicted molar refractivity (Wildman–Crippen MR) is 74.2 cm³/mol. The normalized spacial score (nSPS) is 12.2. The van der Waals surface area contributed by atoms with Crippen LogP contribution in [0.3, 0.4) is 0 Å². The summed E-state index contributed by atoms with van der Waals surface area (Å²) in [5.74, 6) is -1.36. The van der Waals surface area contributed by atoms with E-state index in [4.69, 9.17) is 5.11 Å². The molecule has 0 bridgehead atoms. The van der Waals surface area contributed by atoms with Gasteiger partial charge in [0, 0.05) is 5.39 Å². The molecule has 2 N–H and O–H groups in total. The number of aromatic nitrogens is 2. The molecule has 1 atom stereocenters. The smallest absolute Gasteiger partial charge is 0.326 e. The summed E-state index contributed by atoms with van der Waals surface area (Å²) < 4.78 is 1.57. The molecule has 2 rings (SSSR count). The Morgan fingerprint density at radius 2 is 2.15 bits per heavy atom. The van der Waals surface area contributed by atoms with Crippen molar-refractivity contribution in [3.8, 4) is 0 Å². The number of para-hydroxylation sites is 1. The number of carbonyl (C=O) groups excluding carboxylic acids is 1. The Labute approximate surface area is 116 Å². The van der Waals surface area contributed by atoms with Gasteiger partial charge in [0.25, 0.3) is 0 Å². The molecule has 0 saturated heterocycles. The second-order valence-corrected chi connectivity index (χ2v) is 4.61. The maximum atomic E-state index is 11.9. The van der Waals surface area contributed by atoms with Gasteiger partial charge in [0.15, 0.2) is 0 Å². The Bertz CT molecular complexity index is 621. The van der Waals surface area contributed by atoms with Crippen molar-refractivity contribution in [2.45, 2.75) is 32.4 Å². The number of nitrogens with zero attached hydrogens (tertiary/aromatic N) is 2. The van der Waals surface area contributed by atoms with E-state index in [-0.39, 0.29) is 12.5 Å². The van der Waals surface area contributed by atoms with Gasteiger partial charge >= 0.3 is 5.97 Å². The van der Waals surface area contributed by atoms with Crippen molar-refractivity contribution in [1.29, 1.82) is 0 Å². The lowest BCUT2D eigenvalue weighted by Crippen LogP contribution is -2.42. The van der Waals surface area contributed by atoms with E-state index in [1.807, 2.05) is 31.2 Å². The number of fused-ring (bicyclic) bond motifs is 1. The molecule has 1 unspecified atom stereocenters. The van der Waals surface area contributed by atoms with E-state index in [1.165, 1.54) is 0 Å². The molecule has 2 aromatic rings. The minimum Gasteiger partial charge on any atom is -0.480 e. The van der Waals surface area contributed by atoms with Crippen LogP contribution in [0.5, 0.6) is 0 Å². The number of carbonyl (C=O) groups is 2. The fourth-order valence-corrected chi connectivity index (χ4v) is 2.07. The van der Waals surface area contributed by atoms with E-state index in [2.05, 4.69) is 10.4 Å². The number of rotatable bonds is 6. The molecule has 0 fully saturated rings. The molecular formula is C14H17N3O3. The Balaban J connectivity index is 2.06. The van der Waals surface area contributed by atoms with E-state index in [0.29, 0.717) is 12.8 Å². The quantitative estimate of drug-likeness (QED) is 0.834. The molecule has 0 spiro atoms. The molecule has 0 aliphatic rings. The molecule has 0 radical (unpaired) electrons. The third-order valence-electron chi connectivity index (χ3n) is 3.06. The van der Waals surface area contributed by atoms with Gasteiger partial charge in [0.2, 0.25) is 5.91 Å². The molecule has 0 aliphatic heterocycles. The summed E-state index contributed by atoms with van der Waals surface area (Å²) in [6.45, 7) is 1.89. The first-order chi connectivity index (χ1) is 9.61. The van der Waals surface area contributed by atoms with Crippen molar-refractivity contribution in [3.05, 3.63) is 30.5 Å². The predicted octanol–water partition coefficient (Wildman–Crippen LogP) is 1.41. The number of nitrogens with one attached hydrogen (secondary N) is 1. The maximum absolute atomic E-state index is 11.9.